The number of halogens is 1. The summed E-state index contributed by atoms with van der Waals surface area (Å²) in [5, 5.41) is 0. The topological polar surface area (TPSA) is 66.5 Å². The smallest absolute Gasteiger partial charge is 0.261 e. The van der Waals surface area contributed by atoms with Crippen LogP contribution in [0, 0.1) is 5.82 Å². The van der Waals surface area contributed by atoms with Gasteiger partial charge in [0.2, 0.25) is 5.91 Å². The van der Waals surface area contributed by atoms with Crippen LogP contribution < -0.4 is 9.62 Å². The third-order valence-corrected chi connectivity index (χ3v) is 6.32. The second-order valence-corrected chi connectivity index (χ2v) is 8.43. The van der Waals surface area contributed by atoms with Crippen molar-refractivity contribution in [3.05, 3.63) is 48.3 Å². The molecular weight excluding hydrogens is 363 g/mol. The lowest BCUT2D eigenvalue weighted by atomic mass is 10.2. The Labute approximate surface area is 150 Å². The Hall–Kier alpha value is -2.06. The fraction of sp³-hybridized carbons (Fsp3) is 0.235. The molecule has 0 saturated carbocycles. The van der Waals surface area contributed by atoms with E-state index in [1.54, 1.807) is 22.7 Å². The molecule has 0 fully saturated rings. The lowest BCUT2D eigenvalue weighted by Crippen LogP contribution is -2.29. The van der Waals surface area contributed by atoms with Gasteiger partial charge in [0, 0.05) is 24.1 Å². The summed E-state index contributed by atoms with van der Waals surface area (Å²) in [6, 6.07) is 9.83. The molecule has 132 valence electrons. The molecule has 2 aromatic carbocycles. The zero-order chi connectivity index (χ0) is 18.0. The van der Waals surface area contributed by atoms with Gasteiger partial charge in [-0.25, -0.2) is 12.8 Å². The minimum atomic E-state index is -3.84. The number of sulfonamides is 1. The van der Waals surface area contributed by atoms with E-state index < -0.39 is 15.8 Å². The normalized spacial score (nSPS) is 14.6. The Bertz CT molecular complexity index is 899. The molecule has 3 rings (SSSR count). The summed E-state index contributed by atoms with van der Waals surface area (Å²) in [5.74, 6) is 0.309. The van der Waals surface area contributed by atoms with Gasteiger partial charge >= 0.3 is 0 Å². The monoisotopic (exact) mass is 380 g/mol. The van der Waals surface area contributed by atoms with Crippen molar-refractivity contribution in [2.75, 3.05) is 21.9 Å². The molecule has 0 aromatic heterocycles. The predicted octanol–water partition coefficient (Wildman–Crippen LogP) is 3.48. The quantitative estimate of drug-likeness (QED) is 0.885. The zero-order valence-corrected chi connectivity index (χ0v) is 15.2. The van der Waals surface area contributed by atoms with E-state index in [1.807, 2.05) is 0 Å². The van der Waals surface area contributed by atoms with Gasteiger partial charge in [-0.1, -0.05) is 0 Å². The number of amides is 1. The highest BCUT2D eigenvalue weighted by molar-refractivity contribution is 7.99. The van der Waals surface area contributed by atoms with E-state index in [4.69, 9.17) is 0 Å². The molecule has 25 heavy (non-hydrogen) atoms. The largest absolute Gasteiger partial charge is 0.311 e. The number of nitrogens with zero attached hydrogens (tertiary/aromatic N) is 1. The first-order chi connectivity index (χ1) is 11.9. The van der Waals surface area contributed by atoms with E-state index in [0.29, 0.717) is 12.2 Å². The molecule has 0 radical (unpaired) electrons. The maximum atomic E-state index is 13.0. The maximum absolute atomic E-state index is 13.0. The fourth-order valence-electron chi connectivity index (χ4n) is 2.58. The van der Waals surface area contributed by atoms with Crippen LogP contribution in [0.2, 0.25) is 0 Å². The van der Waals surface area contributed by atoms with Crippen LogP contribution in [0.5, 0.6) is 0 Å². The van der Waals surface area contributed by atoms with Gasteiger partial charge in [-0.3, -0.25) is 9.52 Å². The summed E-state index contributed by atoms with van der Waals surface area (Å²) < 4.78 is 40.6. The van der Waals surface area contributed by atoms with Crippen LogP contribution in [0.3, 0.4) is 0 Å². The molecule has 0 saturated heterocycles. The molecule has 0 aliphatic carbocycles. The van der Waals surface area contributed by atoms with Crippen molar-refractivity contribution in [3.63, 3.8) is 0 Å². The molecule has 0 atom stereocenters. The number of anilines is 2. The minimum Gasteiger partial charge on any atom is -0.311 e. The number of nitrogens with one attached hydrogen (secondary N) is 1. The fourth-order valence-corrected chi connectivity index (χ4v) is 4.63. The van der Waals surface area contributed by atoms with Gasteiger partial charge in [-0.2, -0.15) is 0 Å². The Kier molecular flexibility index (Phi) is 5.01. The first-order valence-corrected chi connectivity index (χ1v) is 10.2. The number of carbonyl (C=O) groups is 1. The number of rotatable bonds is 3. The molecule has 1 heterocycles. The Balaban J connectivity index is 1.97. The van der Waals surface area contributed by atoms with Crippen LogP contribution in [0.4, 0.5) is 15.8 Å². The number of benzene rings is 2. The molecule has 1 N–H and O–H groups in total. The van der Waals surface area contributed by atoms with Gasteiger partial charge in [0.15, 0.2) is 0 Å². The summed E-state index contributed by atoms with van der Waals surface area (Å²) in [6.45, 7) is 2.03. The van der Waals surface area contributed by atoms with Crippen LogP contribution in [-0.4, -0.2) is 26.6 Å². The van der Waals surface area contributed by atoms with Crippen molar-refractivity contribution in [1.82, 2.24) is 0 Å². The van der Waals surface area contributed by atoms with Crippen LogP contribution >= 0.6 is 11.8 Å². The Morgan fingerprint density at radius 1 is 1.20 bits per heavy atom. The van der Waals surface area contributed by atoms with Gasteiger partial charge in [-0.05, 0) is 54.6 Å². The van der Waals surface area contributed by atoms with Gasteiger partial charge in [-0.15, -0.1) is 11.8 Å². The van der Waals surface area contributed by atoms with Crippen LogP contribution in [-0.2, 0) is 14.8 Å². The van der Waals surface area contributed by atoms with Crippen LogP contribution in [0.25, 0.3) is 0 Å². The first-order valence-electron chi connectivity index (χ1n) is 7.70. The third-order valence-electron chi connectivity index (χ3n) is 3.79. The van der Waals surface area contributed by atoms with Crippen molar-refractivity contribution in [3.8, 4) is 0 Å². The van der Waals surface area contributed by atoms with E-state index in [2.05, 4.69) is 4.72 Å². The van der Waals surface area contributed by atoms with E-state index in [-0.39, 0.29) is 16.5 Å². The molecule has 1 aliphatic heterocycles. The summed E-state index contributed by atoms with van der Waals surface area (Å²) in [7, 11) is -3.84. The second-order valence-electron chi connectivity index (χ2n) is 5.61. The zero-order valence-electron chi connectivity index (χ0n) is 13.5. The van der Waals surface area contributed by atoms with Crippen molar-refractivity contribution in [2.45, 2.75) is 23.1 Å². The SMILES string of the molecule is CC(=O)N1CCCSc2ccc(S(=O)(=O)Nc3ccc(F)cc3)cc21. The maximum Gasteiger partial charge on any atom is 0.261 e. The molecule has 8 heteroatoms. The van der Waals surface area contributed by atoms with Crippen LogP contribution in [0.1, 0.15) is 13.3 Å². The lowest BCUT2D eigenvalue weighted by molar-refractivity contribution is -0.116. The molecule has 0 bridgehead atoms. The van der Waals surface area contributed by atoms with E-state index in [9.17, 15) is 17.6 Å². The van der Waals surface area contributed by atoms with Gasteiger partial charge in [0.25, 0.3) is 10.0 Å². The molecule has 1 aliphatic rings. The Morgan fingerprint density at radius 2 is 1.92 bits per heavy atom. The molecular formula is C17H17FN2O3S2. The van der Waals surface area contributed by atoms with E-state index >= 15 is 0 Å². The Morgan fingerprint density at radius 3 is 2.60 bits per heavy atom. The number of thioether (sulfide) groups is 1. The average molecular weight is 380 g/mol. The summed E-state index contributed by atoms with van der Waals surface area (Å²) in [5.41, 5.74) is 0.881. The van der Waals surface area contributed by atoms with Crippen molar-refractivity contribution >= 4 is 39.1 Å². The number of fused-ring (bicyclic) bond motifs is 1. The third kappa shape index (κ3) is 3.96. The number of carbonyl (C=O) groups excluding carboxylic acids is 1. The van der Waals surface area contributed by atoms with Gasteiger partial charge in [0.1, 0.15) is 5.82 Å². The van der Waals surface area contributed by atoms with E-state index in [0.717, 1.165) is 17.1 Å². The number of hydrogen-bond donors (Lipinski definition) is 1. The highest BCUT2D eigenvalue weighted by atomic mass is 32.2. The van der Waals surface area contributed by atoms with Gasteiger partial charge < -0.3 is 4.90 Å². The highest BCUT2D eigenvalue weighted by Crippen LogP contribution is 2.36. The standard InChI is InChI=1S/C17H17FN2O3S2/c1-12(21)20-9-2-10-24-17-8-7-15(11-16(17)20)25(22,23)19-14-5-3-13(18)4-6-14/h3-8,11,19H,2,9-10H2,1H3. The van der Waals surface area contributed by atoms with Crippen molar-refractivity contribution in [1.29, 1.82) is 0 Å². The summed E-state index contributed by atoms with van der Waals surface area (Å²) >= 11 is 1.60. The number of hydrogen-bond acceptors (Lipinski definition) is 4. The predicted molar refractivity (Wildman–Crippen MR) is 97.0 cm³/mol. The minimum absolute atomic E-state index is 0.0596. The van der Waals surface area contributed by atoms with E-state index in [1.165, 1.54) is 43.3 Å². The lowest BCUT2D eigenvalue weighted by Gasteiger charge is -2.21. The van der Waals surface area contributed by atoms with Crippen LogP contribution in [0.15, 0.2) is 52.3 Å². The highest BCUT2D eigenvalue weighted by Gasteiger charge is 2.23. The van der Waals surface area contributed by atoms with Crippen molar-refractivity contribution < 1.29 is 17.6 Å². The summed E-state index contributed by atoms with van der Waals surface area (Å²) in [4.78, 5) is 14.5. The van der Waals surface area contributed by atoms with Gasteiger partial charge in [0.05, 0.1) is 10.6 Å². The first kappa shape index (κ1) is 17.8. The summed E-state index contributed by atoms with van der Waals surface area (Å²) in [6.07, 6.45) is 0.842. The average Bonchev–Trinajstić information content (AvgIpc) is 2.78. The molecule has 5 nitrogen and oxygen atoms in total. The second kappa shape index (κ2) is 7.05. The van der Waals surface area contributed by atoms with Crippen molar-refractivity contribution in [2.24, 2.45) is 0 Å². The molecule has 1 amide bonds. The molecule has 0 spiro atoms. The molecule has 0 unspecified atom stereocenters. The molecule has 2 aromatic rings.